The van der Waals surface area contributed by atoms with Crippen LogP contribution in [-0.2, 0) is 6.42 Å². The number of hydrogen-bond acceptors (Lipinski definition) is 1. The van der Waals surface area contributed by atoms with Crippen LogP contribution >= 0.6 is 0 Å². The third-order valence-electron chi connectivity index (χ3n) is 2.04. The Bertz CT molecular complexity index is 286. The Morgan fingerprint density at radius 2 is 2.08 bits per heavy atom. The van der Waals surface area contributed by atoms with E-state index < -0.39 is 11.6 Å². The normalized spacial score (nSPS) is 12.9. The molecule has 0 aliphatic heterocycles. The van der Waals surface area contributed by atoms with Gasteiger partial charge in [-0.2, -0.15) is 0 Å². The number of benzene rings is 1. The maximum atomic E-state index is 13.1. The summed E-state index contributed by atoms with van der Waals surface area (Å²) in [6.45, 7) is 1.92. The van der Waals surface area contributed by atoms with Gasteiger partial charge >= 0.3 is 0 Å². The molecule has 0 fully saturated rings. The Morgan fingerprint density at radius 3 is 2.69 bits per heavy atom. The summed E-state index contributed by atoms with van der Waals surface area (Å²) in [7, 11) is 0. The summed E-state index contributed by atoms with van der Waals surface area (Å²) >= 11 is 0. The fraction of sp³-hybridized carbons (Fsp3) is 0.400. The molecule has 0 saturated heterocycles. The highest BCUT2D eigenvalue weighted by Gasteiger charge is 2.09. The SMILES string of the molecule is CCC(N)Cc1cccc(F)c1F. The zero-order valence-electron chi connectivity index (χ0n) is 7.56. The average Bonchev–Trinajstić information content (AvgIpc) is 2.13. The van der Waals surface area contributed by atoms with Gasteiger partial charge in [0.1, 0.15) is 0 Å². The van der Waals surface area contributed by atoms with Gasteiger partial charge in [-0.3, -0.25) is 0 Å². The number of nitrogens with two attached hydrogens (primary N) is 1. The molecule has 0 heterocycles. The average molecular weight is 185 g/mol. The van der Waals surface area contributed by atoms with Crippen molar-refractivity contribution in [2.75, 3.05) is 0 Å². The molecule has 0 saturated carbocycles. The van der Waals surface area contributed by atoms with E-state index in [4.69, 9.17) is 5.73 Å². The second-order valence-corrected chi connectivity index (χ2v) is 3.09. The first-order valence-electron chi connectivity index (χ1n) is 4.33. The molecule has 1 rings (SSSR count). The molecule has 1 atom stereocenters. The van der Waals surface area contributed by atoms with Crippen molar-refractivity contribution in [1.29, 1.82) is 0 Å². The molecule has 2 N–H and O–H groups in total. The third kappa shape index (κ3) is 2.49. The van der Waals surface area contributed by atoms with Crippen LogP contribution in [0.25, 0.3) is 0 Å². The summed E-state index contributed by atoms with van der Waals surface area (Å²) in [6.07, 6.45) is 1.15. The van der Waals surface area contributed by atoms with E-state index in [9.17, 15) is 8.78 Å². The quantitative estimate of drug-likeness (QED) is 0.767. The summed E-state index contributed by atoms with van der Waals surface area (Å²) in [5, 5.41) is 0. The molecule has 13 heavy (non-hydrogen) atoms. The van der Waals surface area contributed by atoms with E-state index in [0.717, 1.165) is 12.5 Å². The van der Waals surface area contributed by atoms with Crippen molar-refractivity contribution in [2.45, 2.75) is 25.8 Å². The van der Waals surface area contributed by atoms with Crippen LogP contribution in [0.1, 0.15) is 18.9 Å². The van der Waals surface area contributed by atoms with Crippen LogP contribution in [0.3, 0.4) is 0 Å². The molecule has 0 bridgehead atoms. The molecule has 1 aromatic carbocycles. The van der Waals surface area contributed by atoms with Crippen molar-refractivity contribution in [3.63, 3.8) is 0 Å². The minimum atomic E-state index is -0.805. The van der Waals surface area contributed by atoms with Crippen LogP contribution in [0.5, 0.6) is 0 Å². The van der Waals surface area contributed by atoms with Crippen LogP contribution in [0.2, 0.25) is 0 Å². The van der Waals surface area contributed by atoms with Gasteiger partial charge in [0.2, 0.25) is 0 Å². The molecule has 3 heteroatoms. The standard InChI is InChI=1S/C10H13F2N/c1-2-8(13)6-7-4-3-5-9(11)10(7)12/h3-5,8H,2,6,13H2,1H3. The third-order valence-corrected chi connectivity index (χ3v) is 2.04. The van der Waals surface area contributed by atoms with Gasteiger partial charge in [-0.15, -0.1) is 0 Å². The lowest BCUT2D eigenvalue weighted by Crippen LogP contribution is -2.22. The van der Waals surface area contributed by atoms with E-state index in [1.807, 2.05) is 6.92 Å². The monoisotopic (exact) mass is 185 g/mol. The number of rotatable bonds is 3. The number of hydrogen-bond donors (Lipinski definition) is 1. The van der Waals surface area contributed by atoms with E-state index in [-0.39, 0.29) is 6.04 Å². The second-order valence-electron chi connectivity index (χ2n) is 3.09. The summed E-state index contributed by atoms with van der Waals surface area (Å²) in [4.78, 5) is 0. The lowest BCUT2D eigenvalue weighted by Gasteiger charge is -2.09. The smallest absolute Gasteiger partial charge is 0.162 e. The van der Waals surface area contributed by atoms with Gasteiger partial charge < -0.3 is 5.73 Å². The molecule has 0 aliphatic rings. The molecular weight excluding hydrogens is 172 g/mol. The fourth-order valence-corrected chi connectivity index (χ4v) is 1.13. The molecule has 0 amide bonds. The highest BCUT2D eigenvalue weighted by Crippen LogP contribution is 2.13. The van der Waals surface area contributed by atoms with Crippen LogP contribution in [-0.4, -0.2) is 6.04 Å². The van der Waals surface area contributed by atoms with E-state index in [2.05, 4.69) is 0 Å². The Hall–Kier alpha value is -0.960. The van der Waals surface area contributed by atoms with Crippen LogP contribution in [0.15, 0.2) is 18.2 Å². The largest absolute Gasteiger partial charge is 0.327 e. The van der Waals surface area contributed by atoms with Crippen molar-refractivity contribution < 1.29 is 8.78 Å². The fourth-order valence-electron chi connectivity index (χ4n) is 1.13. The Morgan fingerprint density at radius 1 is 1.38 bits per heavy atom. The summed E-state index contributed by atoms with van der Waals surface area (Å²) in [5.41, 5.74) is 5.99. The summed E-state index contributed by atoms with van der Waals surface area (Å²) in [6, 6.07) is 4.07. The van der Waals surface area contributed by atoms with Gasteiger partial charge in [0.25, 0.3) is 0 Å². The molecule has 1 aromatic rings. The van der Waals surface area contributed by atoms with Crippen molar-refractivity contribution in [2.24, 2.45) is 5.73 Å². The molecule has 0 radical (unpaired) electrons. The van der Waals surface area contributed by atoms with Gasteiger partial charge in [0.05, 0.1) is 0 Å². The highest BCUT2D eigenvalue weighted by atomic mass is 19.2. The maximum Gasteiger partial charge on any atom is 0.162 e. The summed E-state index contributed by atoms with van der Waals surface area (Å²) < 4.78 is 25.8. The minimum Gasteiger partial charge on any atom is -0.327 e. The Kier molecular flexibility index (Phi) is 3.37. The molecule has 0 spiro atoms. The lowest BCUT2D eigenvalue weighted by atomic mass is 10.0. The van der Waals surface area contributed by atoms with Gasteiger partial charge in [-0.1, -0.05) is 19.1 Å². The predicted octanol–water partition coefficient (Wildman–Crippen LogP) is 2.24. The van der Waals surface area contributed by atoms with Crippen molar-refractivity contribution in [1.82, 2.24) is 0 Å². The maximum absolute atomic E-state index is 13.1. The van der Waals surface area contributed by atoms with Gasteiger partial charge in [-0.05, 0) is 24.5 Å². The second kappa shape index (κ2) is 4.33. The number of halogens is 2. The zero-order valence-corrected chi connectivity index (χ0v) is 7.56. The molecule has 1 unspecified atom stereocenters. The van der Waals surface area contributed by atoms with Crippen molar-refractivity contribution in [3.8, 4) is 0 Å². The van der Waals surface area contributed by atoms with Crippen LogP contribution < -0.4 is 5.73 Å². The zero-order chi connectivity index (χ0) is 9.84. The van der Waals surface area contributed by atoms with Gasteiger partial charge in [0, 0.05) is 6.04 Å². The van der Waals surface area contributed by atoms with E-state index in [1.54, 1.807) is 6.07 Å². The molecule has 1 nitrogen and oxygen atoms in total. The first-order chi connectivity index (χ1) is 6.15. The first kappa shape index (κ1) is 10.1. The van der Waals surface area contributed by atoms with Crippen molar-refractivity contribution in [3.05, 3.63) is 35.4 Å². The van der Waals surface area contributed by atoms with Crippen molar-refractivity contribution >= 4 is 0 Å². The van der Waals surface area contributed by atoms with Crippen LogP contribution in [0, 0.1) is 11.6 Å². The minimum absolute atomic E-state index is 0.101. The first-order valence-corrected chi connectivity index (χ1v) is 4.33. The molecule has 0 aromatic heterocycles. The predicted molar refractivity (Wildman–Crippen MR) is 48.3 cm³/mol. The highest BCUT2D eigenvalue weighted by molar-refractivity contribution is 5.19. The Balaban J connectivity index is 2.83. The summed E-state index contributed by atoms with van der Waals surface area (Å²) in [5.74, 6) is -1.58. The molecule has 0 aliphatic carbocycles. The van der Waals surface area contributed by atoms with Gasteiger partial charge in [-0.25, -0.2) is 8.78 Å². The Labute approximate surface area is 76.6 Å². The van der Waals surface area contributed by atoms with E-state index in [1.165, 1.54) is 6.07 Å². The van der Waals surface area contributed by atoms with Crippen LogP contribution in [0.4, 0.5) is 8.78 Å². The van der Waals surface area contributed by atoms with Gasteiger partial charge in [0.15, 0.2) is 11.6 Å². The lowest BCUT2D eigenvalue weighted by molar-refractivity contribution is 0.491. The van der Waals surface area contributed by atoms with E-state index in [0.29, 0.717) is 12.0 Å². The van der Waals surface area contributed by atoms with E-state index >= 15 is 0 Å². The molecular formula is C10H13F2N. The molecule has 72 valence electrons. The topological polar surface area (TPSA) is 26.0 Å².